The Kier molecular flexibility index (Phi) is 8.09. The molecule has 39 heavy (non-hydrogen) atoms. The number of hydrogen-bond donors (Lipinski definition) is 1. The number of nitrogens with one attached hydrogen (secondary N) is 1. The number of nitro benzene ring substituents is 1. The van der Waals surface area contributed by atoms with Gasteiger partial charge in [-0.25, -0.2) is 10.2 Å². The van der Waals surface area contributed by atoms with Crippen LogP contribution in [0.25, 0.3) is 0 Å². The number of carbonyl (C=O) groups excluding carboxylic acids is 2. The molecule has 1 saturated carbocycles. The van der Waals surface area contributed by atoms with Gasteiger partial charge in [0.1, 0.15) is 0 Å². The quantitative estimate of drug-likeness (QED) is 0.124. The molecule has 1 aliphatic carbocycles. The lowest BCUT2D eigenvalue weighted by Crippen LogP contribution is -2.20. The Morgan fingerprint density at radius 1 is 1.05 bits per heavy atom. The molecule has 4 rings (SSSR count). The van der Waals surface area contributed by atoms with Crippen molar-refractivity contribution in [1.29, 1.82) is 0 Å². The lowest BCUT2D eigenvalue weighted by atomic mass is 9.86. The van der Waals surface area contributed by atoms with E-state index in [2.05, 4.69) is 55.6 Å². The summed E-state index contributed by atoms with van der Waals surface area (Å²) in [6.45, 7) is 8.65. The molecule has 1 N–H and O–H groups in total. The minimum atomic E-state index is -0.674. The van der Waals surface area contributed by atoms with Gasteiger partial charge in [0.15, 0.2) is 11.5 Å². The van der Waals surface area contributed by atoms with E-state index >= 15 is 0 Å². The number of hydrogen-bond acceptors (Lipinski definition) is 7. The van der Waals surface area contributed by atoms with Gasteiger partial charge in [-0.3, -0.25) is 14.9 Å². The molecule has 9 heteroatoms. The molecule has 0 aliphatic heterocycles. The Bertz CT molecular complexity index is 1390. The van der Waals surface area contributed by atoms with Crippen LogP contribution in [0, 0.1) is 16.0 Å². The highest BCUT2D eigenvalue weighted by atomic mass is 16.6. The van der Waals surface area contributed by atoms with Crippen molar-refractivity contribution in [2.75, 3.05) is 6.61 Å². The van der Waals surface area contributed by atoms with Crippen LogP contribution in [0.15, 0.2) is 71.8 Å². The molecule has 3 aromatic carbocycles. The second-order valence-corrected chi connectivity index (χ2v) is 10.4. The third kappa shape index (κ3) is 6.87. The van der Waals surface area contributed by atoms with E-state index in [1.807, 2.05) is 0 Å². The first kappa shape index (κ1) is 27.5. The molecule has 0 unspecified atom stereocenters. The van der Waals surface area contributed by atoms with Gasteiger partial charge in [0, 0.05) is 18.1 Å². The smallest absolute Gasteiger partial charge is 0.343 e. The molecule has 0 spiro atoms. The molecule has 0 radical (unpaired) electrons. The van der Waals surface area contributed by atoms with Gasteiger partial charge >= 0.3 is 5.97 Å². The average Bonchev–Trinajstić information content (AvgIpc) is 3.71. The van der Waals surface area contributed by atoms with E-state index < -0.39 is 10.9 Å². The van der Waals surface area contributed by atoms with Crippen molar-refractivity contribution in [3.05, 3.63) is 99.1 Å². The van der Waals surface area contributed by atoms with Crippen molar-refractivity contribution < 1.29 is 24.0 Å². The maximum atomic E-state index is 12.6. The highest BCUT2D eigenvalue weighted by molar-refractivity contribution is 5.92. The molecule has 1 amide bonds. The minimum Gasteiger partial charge on any atom is -0.490 e. The summed E-state index contributed by atoms with van der Waals surface area (Å²) < 4.78 is 11.1. The first-order chi connectivity index (χ1) is 18.6. The molecular weight excluding hydrogens is 498 g/mol. The van der Waals surface area contributed by atoms with Crippen molar-refractivity contribution in [2.24, 2.45) is 11.0 Å². The van der Waals surface area contributed by atoms with Gasteiger partial charge in [-0.1, -0.05) is 45.0 Å². The fourth-order valence-electron chi connectivity index (χ4n) is 4.17. The summed E-state index contributed by atoms with van der Waals surface area (Å²) in [7, 11) is 0. The average molecular weight is 530 g/mol. The fraction of sp³-hybridized carbons (Fsp3) is 0.300. The Morgan fingerprint density at radius 3 is 2.36 bits per heavy atom. The summed E-state index contributed by atoms with van der Waals surface area (Å²) in [5.41, 5.74) is 5.81. The number of carbonyl (C=O) groups is 2. The number of hydrazone groups is 1. The van der Waals surface area contributed by atoms with Gasteiger partial charge < -0.3 is 9.47 Å². The summed E-state index contributed by atoms with van der Waals surface area (Å²) in [6, 6.07) is 18.5. The van der Waals surface area contributed by atoms with Crippen LogP contribution in [0.5, 0.6) is 11.5 Å². The summed E-state index contributed by atoms with van der Waals surface area (Å²) in [5, 5.41) is 14.9. The number of rotatable bonds is 9. The van der Waals surface area contributed by atoms with Gasteiger partial charge in [0.05, 0.1) is 23.3 Å². The van der Waals surface area contributed by atoms with Gasteiger partial charge in [0.25, 0.3) is 5.69 Å². The van der Waals surface area contributed by atoms with Crippen LogP contribution in [-0.4, -0.2) is 29.6 Å². The van der Waals surface area contributed by atoms with Crippen molar-refractivity contribution >= 4 is 23.8 Å². The molecule has 0 bridgehead atoms. The van der Waals surface area contributed by atoms with E-state index in [0.29, 0.717) is 17.9 Å². The van der Waals surface area contributed by atoms with Crippen molar-refractivity contribution in [2.45, 2.75) is 45.4 Å². The van der Waals surface area contributed by atoms with Gasteiger partial charge in [-0.2, -0.15) is 5.10 Å². The third-order valence-corrected chi connectivity index (χ3v) is 6.50. The van der Waals surface area contributed by atoms with E-state index in [1.165, 1.54) is 36.0 Å². The largest absolute Gasteiger partial charge is 0.490 e. The van der Waals surface area contributed by atoms with Crippen LogP contribution in [0.3, 0.4) is 0 Å². The van der Waals surface area contributed by atoms with Crippen LogP contribution in [0.2, 0.25) is 0 Å². The lowest BCUT2D eigenvalue weighted by molar-refractivity contribution is -0.384. The van der Waals surface area contributed by atoms with Crippen molar-refractivity contribution in [3.8, 4) is 11.5 Å². The Morgan fingerprint density at radius 2 is 1.74 bits per heavy atom. The van der Waals surface area contributed by atoms with E-state index in [4.69, 9.17) is 9.47 Å². The summed E-state index contributed by atoms with van der Waals surface area (Å²) >= 11 is 0. The Hall–Kier alpha value is -4.53. The number of ether oxygens (including phenoxy) is 2. The molecule has 1 aliphatic rings. The number of nitro groups is 1. The van der Waals surface area contributed by atoms with E-state index in [0.717, 1.165) is 12.0 Å². The minimum absolute atomic E-state index is 0.0860. The number of nitrogens with zero attached hydrogens (tertiary/aromatic N) is 2. The van der Waals surface area contributed by atoms with Crippen molar-refractivity contribution in [1.82, 2.24) is 5.43 Å². The highest BCUT2D eigenvalue weighted by Crippen LogP contribution is 2.47. The number of non-ortho nitro benzene ring substituents is 1. The second kappa shape index (κ2) is 11.5. The topological polar surface area (TPSA) is 120 Å². The highest BCUT2D eigenvalue weighted by Gasteiger charge is 2.44. The number of esters is 1. The molecule has 0 heterocycles. The third-order valence-electron chi connectivity index (χ3n) is 6.50. The normalized spacial score (nSPS) is 16.5. The van der Waals surface area contributed by atoms with E-state index in [9.17, 15) is 19.7 Å². The molecule has 1 fully saturated rings. The first-order valence-corrected chi connectivity index (χ1v) is 12.7. The second-order valence-electron chi connectivity index (χ2n) is 10.4. The monoisotopic (exact) mass is 529 g/mol. The van der Waals surface area contributed by atoms with Crippen LogP contribution in [0.1, 0.15) is 67.1 Å². The fourth-order valence-corrected chi connectivity index (χ4v) is 4.17. The van der Waals surface area contributed by atoms with Gasteiger partial charge in [0.2, 0.25) is 5.91 Å². The summed E-state index contributed by atoms with van der Waals surface area (Å²) in [4.78, 5) is 35.4. The summed E-state index contributed by atoms with van der Waals surface area (Å²) in [6.07, 6.45) is 2.29. The molecule has 9 nitrogen and oxygen atoms in total. The standard InChI is InChI=1S/C30H31N3O6/c1-5-38-27-16-19(6-15-26(27)39-29(35)21-9-13-23(14-10-21)33(36)37)18-31-32-28(34)25-17-24(25)20-7-11-22(12-8-20)30(2,3)4/h6-16,18,24-25H,5,17H2,1-4H3,(H,32,34)/b31-18+/t24-,25+/m0/s1. The Labute approximate surface area is 227 Å². The number of amides is 1. The Balaban J connectivity index is 1.35. The molecule has 0 aromatic heterocycles. The zero-order valence-corrected chi connectivity index (χ0v) is 22.3. The molecular formula is C30H31N3O6. The van der Waals surface area contributed by atoms with Gasteiger partial charge in [-0.05, 0) is 71.7 Å². The molecule has 3 aromatic rings. The lowest BCUT2D eigenvalue weighted by Gasteiger charge is -2.19. The maximum Gasteiger partial charge on any atom is 0.343 e. The number of benzene rings is 3. The molecule has 202 valence electrons. The van der Waals surface area contributed by atoms with E-state index in [1.54, 1.807) is 25.1 Å². The summed E-state index contributed by atoms with van der Waals surface area (Å²) in [5.74, 6) is -0.198. The zero-order valence-electron chi connectivity index (χ0n) is 22.3. The van der Waals surface area contributed by atoms with Gasteiger partial charge in [-0.15, -0.1) is 0 Å². The molecule has 0 saturated heterocycles. The predicted molar refractivity (Wildman–Crippen MR) is 147 cm³/mol. The van der Waals surface area contributed by atoms with Crippen molar-refractivity contribution in [3.63, 3.8) is 0 Å². The van der Waals surface area contributed by atoms with Crippen LogP contribution < -0.4 is 14.9 Å². The van der Waals surface area contributed by atoms with E-state index in [-0.39, 0.29) is 40.2 Å². The zero-order chi connectivity index (χ0) is 28.2. The van der Waals surface area contributed by atoms with Crippen LogP contribution in [0.4, 0.5) is 5.69 Å². The van der Waals surface area contributed by atoms with Crippen LogP contribution >= 0.6 is 0 Å². The molecule has 2 atom stereocenters. The predicted octanol–water partition coefficient (Wildman–Crippen LogP) is 5.76. The van der Waals surface area contributed by atoms with Crippen LogP contribution in [-0.2, 0) is 10.2 Å². The maximum absolute atomic E-state index is 12.6. The first-order valence-electron chi connectivity index (χ1n) is 12.7. The SMILES string of the molecule is CCOc1cc(/C=N/NC(=O)[C@@H]2C[C@H]2c2ccc(C(C)(C)C)cc2)ccc1OC(=O)c1ccc([N+](=O)[O-])cc1.